The van der Waals surface area contributed by atoms with Crippen LogP contribution in [0.5, 0.6) is 0 Å². The van der Waals surface area contributed by atoms with Crippen molar-refractivity contribution in [1.29, 1.82) is 0 Å². The Labute approximate surface area is 129 Å². The maximum atomic E-state index is 6.07. The Hall–Kier alpha value is -0.860. The lowest BCUT2D eigenvalue weighted by Crippen LogP contribution is -2.46. The zero-order chi connectivity index (χ0) is 14.7. The Bertz CT molecular complexity index is 478. The molecule has 1 aliphatic carbocycles. The second-order valence-corrected chi connectivity index (χ2v) is 6.77. The predicted molar refractivity (Wildman–Crippen MR) is 87.6 cm³/mol. The molecule has 1 unspecified atom stereocenters. The van der Waals surface area contributed by atoms with Gasteiger partial charge in [-0.25, -0.2) is 0 Å². The van der Waals surface area contributed by atoms with Crippen molar-refractivity contribution in [2.45, 2.75) is 77.0 Å². The van der Waals surface area contributed by atoms with Crippen LogP contribution in [0.2, 0.25) is 0 Å². The lowest BCUT2D eigenvalue weighted by Gasteiger charge is -2.40. The number of nitrogens with one attached hydrogen (secondary N) is 1. The van der Waals surface area contributed by atoms with Crippen LogP contribution < -0.4 is 5.32 Å². The minimum absolute atomic E-state index is 0.119. The molecule has 116 valence electrons. The summed E-state index contributed by atoms with van der Waals surface area (Å²) in [6.07, 6.45) is 8.44. The summed E-state index contributed by atoms with van der Waals surface area (Å²) >= 11 is 0. The number of ether oxygens (including phenoxy) is 1. The van der Waals surface area contributed by atoms with Crippen molar-refractivity contribution in [3.05, 3.63) is 34.9 Å². The molecule has 2 nitrogen and oxygen atoms in total. The molecule has 21 heavy (non-hydrogen) atoms. The van der Waals surface area contributed by atoms with Crippen LogP contribution in [0.25, 0.3) is 0 Å². The molecule has 0 radical (unpaired) electrons. The number of hydrogen-bond donors (Lipinski definition) is 1. The third kappa shape index (κ3) is 3.32. The summed E-state index contributed by atoms with van der Waals surface area (Å²) in [4.78, 5) is 0. The van der Waals surface area contributed by atoms with Crippen molar-refractivity contribution in [1.82, 2.24) is 5.32 Å². The Morgan fingerprint density at radius 2 is 2.00 bits per heavy atom. The van der Waals surface area contributed by atoms with E-state index in [1.165, 1.54) is 24.8 Å². The van der Waals surface area contributed by atoms with Gasteiger partial charge in [-0.2, -0.15) is 0 Å². The molecule has 1 aromatic rings. The highest BCUT2D eigenvalue weighted by Crippen LogP contribution is 2.31. The first-order chi connectivity index (χ1) is 10.2. The highest BCUT2D eigenvalue weighted by molar-refractivity contribution is 5.35. The van der Waals surface area contributed by atoms with Crippen LogP contribution in [0.15, 0.2) is 18.2 Å². The third-order valence-electron chi connectivity index (χ3n) is 5.54. The van der Waals surface area contributed by atoms with Gasteiger partial charge in [0.15, 0.2) is 0 Å². The predicted octanol–water partition coefficient (Wildman–Crippen LogP) is 4.00. The van der Waals surface area contributed by atoms with Crippen molar-refractivity contribution in [3.63, 3.8) is 0 Å². The van der Waals surface area contributed by atoms with Crippen molar-refractivity contribution in [2.24, 2.45) is 0 Å². The first-order valence-electron chi connectivity index (χ1n) is 8.73. The van der Waals surface area contributed by atoms with E-state index in [4.69, 9.17) is 4.74 Å². The molecule has 0 aromatic heterocycles. The molecular weight excluding hydrogens is 258 g/mol. The SMILES string of the molecule is CCC1(CC)CC(NCc2ccc3c(c2)CCC3)CCO1. The van der Waals surface area contributed by atoms with Crippen molar-refractivity contribution in [2.75, 3.05) is 6.61 Å². The van der Waals surface area contributed by atoms with Crippen LogP contribution >= 0.6 is 0 Å². The zero-order valence-corrected chi connectivity index (χ0v) is 13.6. The average Bonchev–Trinajstić information content (AvgIpc) is 3.00. The van der Waals surface area contributed by atoms with Crippen molar-refractivity contribution >= 4 is 0 Å². The number of rotatable bonds is 5. The summed E-state index contributed by atoms with van der Waals surface area (Å²) in [5.74, 6) is 0. The van der Waals surface area contributed by atoms with E-state index in [0.29, 0.717) is 6.04 Å². The van der Waals surface area contributed by atoms with E-state index in [2.05, 4.69) is 37.4 Å². The van der Waals surface area contributed by atoms with Gasteiger partial charge in [0.05, 0.1) is 5.60 Å². The Morgan fingerprint density at radius 3 is 2.81 bits per heavy atom. The number of hydrogen-bond acceptors (Lipinski definition) is 2. The lowest BCUT2D eigenvalue weighted by molar-refractivity contribution is -0.0932. The number of aryl methyl sites for hydroxylation is 2. The average molecular weight is 287 g/mol. The molecule has 1 aliphatic heterocycles. The van der Waals surface area contributed by atoms with Gasteiger partial charge >= 0.3 is 0 Å². The van der Waals surface area contributed by atoms with Gasteiger partial charge in [0, 0.05) is 19.2 Å². The van der Waals surface area contributed by atoms with E-state index >= 15 is 0 Å². The molecule has 1 atom stereocenters. The number of benzene rings is 1. The molecule has 3 rings (SSSR count). The first kappa shape index (κ1) is 15.1. The largest absolute Gasteiger partial charge is 0.375 e. The highest BCUT2D eigenvalue weighted by atomic mass is 16.5. The molecule has 0 bridgehead atoms. The van der Waals surface area contributed by atoms with Gasteiger partial charge in [0.1, 0.15) is 0 Å². The summed E-state index contributed by atoms with van der Waals surface area (Å²) in [6.45, 7) is 6.42. The van der Waals surface area contributed by atoms with Gasteiger partial charge in [-0.15, -0.1) is 0 Å². The summed E-state index contributed by atoms with van der Waals surface area (Å²) in [6, 6.07) is 7.67. The quantitative estimate of drug-likeness (QED) is 0.883. The van der Waals surface area contributed by atoms with Crippen LogP contribution in [0.3, 0.4) is 0 Å². The molecule has 0 amide bonds. The van der Waals surface area contributed by atoms with Crippen LogP contribution in [-0.4, -0.2) is 18.2 Å². The standard InChI is InChI=1S/C19H29NO/c1-3-19(4-2)13-18(10-11-21-19)20-14-15-8-9-16-6-5-7-17(16)12-15/h8-9,12,18,20H,3-7,10-11,13-14H2,1-2H3. The fourth-order valence-corrected chi connectivity index (χ4v) is 3.94. The monoisotopic (exact) mass is 287 g/mol. The van der Waals surface area contributed by atoms with E-state index in [1.54, 1.807) is 11.1 Å². The second-order valence-electron chi connectivity index (χ2n) is 6.77. The molecular formula is C19H29NO. The van der Waals surface area contributed by atoms with Crippen molar-refractivity contribution in [3.8, 4) is 0 Å². The molecule has 1 saturated heterocycles. The van der Waals surface area contributed by atoms with Gasteiger partial charge < -0.3 is 10.1 Å². The molecule has 1 N–H and O–H groups in total. The Kier molecular flexibility index (Phi) is 4.66. The first-order valence-corrected chi connectivity index (χ1v) is 8.73. The van der Waals surface area contributed by atoms with Crippen LogP contribution in [-0.2, 0) is 24.1 Å². The van der Waals surface area contributed by atoms with Crippen LogP contribution in [0.1, 0.15) is 62.6 Å². The summed E-state index contributed by atoms with van der Waals surface area (Å²) in [5, 5.41) is 3.77. The summed E-state index contributed by atoms with van der Waals surface area (Å²) in [5.41, 5.74) is 4.72. The molecule has 1 aromatic carbocycles. The van der Waals surface area contributed by atoms with Crippen molar-refractivity contribution < 1.29 is 4.74 Å². The fraction of sp³-hybridized carbons (Fsp3) is 0.684. The third-order valence-corrected chi connectivity index (χ3v) is 5.54. The molecule has 0 spiro atoms. The minimum Gasteiger partial charge on any atom is -0.375 e. The maximum absolute atomic E-state index is 6.07. The summed E-state index contributed by atoms with van der Waals surface area (Å²) in [7, 11) is 0. The summed E-state index contributed by atoms with van der Waals surface area (Å²) < 4.78 is 6.07. The zero-order valence-electron chi connectivity index (χ0n) is 13.6. The molecule has 1 fully saturated rings. The van der Waals surface area contributed by atoms with E-state index in [1.807, 2.05) is 0 Å². The molecule has 0 saturated carbocycles. The van der Waals surface area contributed by atoms with Crippen LogP contribution in [0.4, 0.5) is 0 Å². The minimum atomic E-state index is 0.119. The van der Waals surface area contributed by atoms with Gasteiger partial charge in [-0.3, -0.25) is 0 Å². The van der Waals surface area contributed by atoms with E-state index in [0.717, 1.165) is 38.8 Å². The van der Waals surface area contributed by atoms with Gasteiger partial charge in [-0.05, 0) is 61.6 Å². The van der Waals surface area contributed by atoms with Gasteiger partial charge in [0.25, 0.3) is 0 Å². The van der Waals surface area contributed by atoms with E-state index < -0.39 is 0 Å². The van der Waals surface area contributed by atoms with Gasteiger partial charge in [0.2, 0.25) is 0 Å². The van der Waals surface area contributed by atoms with Crippen LogP contribution in [0, 0.1) is 0 Å². The Morgan fingerprint density at radius 1 is 1.19 bits per heavy atom. The highest BCUT2D eigenvalue weighted by Gasteiger charge is 2.34. The van der Waals surface area contributed by atoms with E-state index in [-0.39, 0.29) is 5.60 Å². The topological polar surface area (TPSA) is 21.3 Å². The fourth-order valence-electron chi connectivity index (χ4n) is 3.94. The van der Waals surface area contributed by atoms with E-state index in [9.17, 15) is 0 Å². The molecule has 2 aliphatic rings. The Balaban J connectivity index is 1.57. The number of fused-ring (bicyclic) bond motifs is 1. The molecule has 2 heteroatoms. The lowest BCUT2D eigenvalue weighted by atomic mass is 9.86. The second kappa shape index (κ2) is 6.50. The van der Waals surface area contributed by atoms with Gasteiger partial charge in [-0.1, -0.05) is 32.0 Å². The normalized spacial score (nSPS) is 24.0. The smallest absolute Gasteiger partial charge is 0.0692 e. The maximum Gasteiger partial charge on any atom is 0.0692 e. The molecule has 1 heterocycles.